The van der Waals surface area contributed by atoms with Gasteiger partial charge in [0.1, 0.15) is 11.6 Å². The zero-order valence-electron chi connectivity index (χ0n) is 24.2. The fraction of sp³-hybridized carbons (Fsp3) is 0.531. The lowest BCUT2D eigenvalue weighted by Gasteiger charge is -2.61. The molecule has 41 heavy (non-hydrogen) atoms. The van der Waals surface area contributed by atoms with Crippen LogP contribution in [-0.2, 0) is 6.42 Å². The fourth-order valence-corrected chi connectivity index (χ4v) is 7.43. The summed E-state index contributed by atoms with van der Waals surface area (Å²) >= 11 is 0. The van der Waals surface area contributed by atoms with Gasteiger partial charge in [0.05, 0.1) is 17.2 Å². The highest BCUT2D eigenvalue weighted by atomic mass is 19.1. The molecule has 2 aromatic rings. The van der Waals surface area contributed by atoms with E-state index in [1.165, 1.54) is 18.6 Å². The van der Waals surface area contributed by atoms with E-state index in [0.717, 1.165) is 43.0 Å². The third-order valence-corrected chi connectivity index (χ3v) is 10.1. The normalized spacial score (nSPS) is 28.9. The lowest BCUT2D eigenvalue weighted by atomic mass is 9.45. The molecule has 0 radical (unpaired) electrons. The van der Waals surface area contributed by atoms with E-state index in [-0.39, 0.29) is 24.6 Å². The van der Waals surface area contributed by atoms with E-state index in [4.69, 9.17) is 4.99 Å². The first kappa shape index (κ1) is 27.8. The number of rotatable bonds is 5. The van der Waals surface area contributed by atoms with E-state index in [9.17, 15) is 18.4 Å². The number of fused-ring (bicyclic) bond motifs is 3. The molecule has 0 aromatic heterocycles. The summed E-state index contributed by atoms with van der Waals surface area (Å²) < 4.78 is 27.4. The molecule has 7 nitrogen and oxygen atoms in total. The molecule has 2 heterocycles. The maximum absolute atomic E-state index is 14.1. The topological polar surface area (TPSA) is 77.0 Å². The number of benzene rings is 2. The molecule has 2 aromatic carbocycles. The highest BCUT2D eigenvalue weighted by molar-refractivity contribution is 6.22. The molecule has 7 rings (SSSR count). The molecule has 3 saturated carbocycles. The van der Waals surface area contributed by atoms with E-state index in [1.54, 1.807) is 12.1 Å². The van der Waals surface area contributed by atoms with Crippen molar-refractivity contribution in [2.75, 3.05) is 31.5 Å². The molecule has 0 spiro atoms. The number of carbonyl (C=O) groups excluding carboxylic acids is 2. The summed E-state index contributed by atoms with van der Waals surface area (Å²) in [6.07, 6.45) is 2.48. The van der Waals surface area contributed by atoms with Gasteiger partial charge in [-0.25, -0.2) is 13.8 Å². The molecule has 5 atom stereocenters. The van der Waals surface area contributed by atoms with E-state index in [0.29, 0.717) is 46.0 Å². The molecule has 2 bridgehead atoms. The zero-order valence-corrected chi connectivity index (χ0v) is 24.2. The molecule has 0 unspecified atom stereocenters. The van der Waals surface area contributed by atoms with Crippen LogP contribution < -0.4 is 10.6 Å². The molecular weight excluding hydrogens is 524 g/mol. The second-order valence-corrected chi connectivity index (χ2v) is 12.9. The van der Waals surface area contributed by atoms with Crippen LogP contribution in [0, 0.1) is 34.8 Å². The van der Waals surface area contributed by atoms with Crippen molar-refractivity contribution in [1.82, 2.24) is 15.1 Å². The quantitative estimate of drug-likeness (QED) is 0.306. The monoisotopic (exact) mass is 563 g/mol. The lowest BCUT2D eigenvalue weighted by molar-refractivity contribution is -0.108. The fourth-order valence-electron chi connectivity index (χ4n) is 7.43. The summed E-state index contributed by atoms with van der Waals surface area (Å²) in [5.41, 5.74) is 1.99. The first-order valence-electron chi connectivity index (χ1n) is 14.8. The van der Waals surface area contributed by atoms with Gasteiger partial charge in [0, 0.05) is 44.0 Å². The van der Waals surface area contributed by atoms with Crippen molar-refractivity contribution in [3.63, 3.8) is 0 Å². The summed E-state index contributed by atoms with van der Waals surface area (Å²) in [6, 6.07) is 9.11. The Morgan fingerprint density at radius 3 is 2.56 bits per heavy atom. The first-order chi connectivity index (χ1) is 19.5. The van der Waals surface area contributed by atoms with Crippen LogP contribution in [0.25, 0.3) is 0 Å². The summed E-state index contributed by atoms with van der Waals surface area (Å²) in [5.74, 6) is 0.518. The second-order valence-electron chi connectivity index (χ2n) is 12.9. The van der Waals surface area contributed by atoms with Crippen LogP contribution >= 0.6 is 0 Å². The first-order valence-corrected chi connectivity index (χ1v) is 14.8. The van der Waals surface area contributed by atoms with Gasteiger partial charge in [-0.05, 0) is 79.2 Å². The summed E-state index contributed by atoms with van der Waals surface area (Å²) in [7, 11) is 0. The molecule has 4 fully saturated rings. The Hall–Kier alpha value is -3.33. The smallest absolute Gasteiger partial charge is 0.261 e. The van der Waals surface area contributed by atoms with Crippen molar-refractivity contribution < 1.29 is 18.4 Å². The van der Waals surface area contributed by atoms with Crippen molar-refractivity contribution in [2.24, 2.45) is 28.2 Å². The number of carbonyl (C=O) groups is 2. The number of nitrogens with zero attached hydrogens (tertiary/aromatic N) is 3. The van der Waals surface area contributed by atoms with Crippen LogP contribution in [0.4, 0.5) is 14.5 Å². The average molecular weight is 564 g/mol. The van der Waals surface area contributed by atoms with Gasteiger partial charge in [-0.3, -0.25) is 14.5 Å². The molecule has 2 amide bonds. The summed E-state index contributed by atoms with van der Waals surface area (Å²) in [5, 5.41) is 7.01. The number of amides is 2. The summed E-state index contributed by atoms with van der Waals surface area (Å²) in [6.45, 7) is 11.8. The minimum absolute atomic E-state index is 0.0152. The van der Waals surface area contributed by atoms with Crippen LogP contribution in [0.15, 0.2) is 41.4 Å². The minimum Gasteiger partial charge on any atom is -0.340 e. The number of hydrogen-bond acceptors (Lipinski definition) is 4. The predicted octanol–water partition coefficient (Wildman–Crippen LogP) is 4.94. The number of anilines is 1. The van der Waals surface area contributed by atoms with Gasteiger partial charge in [-0.1, -0.05) is 26.8 Å². The van der Waals surface area contributed by atoms with Crippen molar-refractivity contribution >= 4 is 23.5 Å². The molecule has 9 heteroatoms. The molecular formula is C32H39F2N5O2. The van der Waals surface area contributed by atoms with Gasteiger partial charge < -0.3 is 15.5 Å². The molecule has 2 aliphatic heterocycles. The highest BCUT2D eigenvalue weighted by Gasteiger charge is 2.56. The van der Waals surface area contributed by atoms with E-state index in [2.05, 4.69) is 43.2 Å². The third-order valence-electron chi connectivity index (χ3n) is 10.1. The Morgan fingerprint density at radius 2 is 1.85 bits per heavy atom. The van der Waals surface area contributed by atoms with Gasteiger partial charge in [0.15, 0.2) is 5.96 Å². The largest absolute Gasteiger partial charge is 0.340 e. The number of halogens is 2. The van der Waals surface area contributed by atoms with Crippen molar-refractivity contribution in [1.29, 1.82) is 0 Å². The van der Waals surface area contributed by atoms with Gasteiger partial charge in [-0.2, -0.15) is 0 Å². The Morgan fingerprint density at radius 1 is 1.07 bits per heavy atom. The second kappa shape index (κ2) is 10.5. The van der Waals surface area contributed by atoms with E-state index in [1.807, 2.05) is 6.07 Å². The Labute approximate surface area is 240 Å². The minimum atomic E-state index is -0.685. The van der Waals surface area contributed by atoms with Crippen LogP contribution in [0.2, 0.25) is 0 Å². The molecule has 2 N–H and O–H groups in total. The number of imide groups is 1. The maximum Gasteiger partial charge on any atom is 0.261 e. The van der Waals surface area contributed by atoms with Gasteiger partial charge >= 0.3 is 0 Å². The molecule has 3 aliphatic carbocycles. The third kappa shape index (κ3) is 5.02. The summed E-state index contributed by atoms with van der Waals surface area (Å²) in [4.78, 5) is 35.1. The van der Waals surface area contributed by atoms with Crippen LogP contribution in [-0.4, -0.2) is 65.8 Å². The van der Waals surface area contributed by atoms with Crippen molar-refractivity contribution in [3.05, 3.63) is 64.7 Å². The van der Waals surface area contributed by atoms with Crippen LogP contribution in [0.5, 0.6) is 0 Å². The van der Waals surface area contributed by atoms with Crippen molar-refractivity contribution in [2.45, 2.75) is 59.0 Å². The zero-order chi connectivity index (χ0) is 29.1. The van der Waals surface area contributed by atoms with Crippen LogP contribution in [0.1, 0.15) is 66.8 Å². The number of aliphatic imine (C=N–C) groups is 1. The van der Waals surface area contributed by atoms with Gasteiger partial charge in [0.2, 0.25) is 0 Å². The Balaban J connectivity index is 1.22. The number of hydrogen-bond donors (Lipinski definition) is 2. The number of piperazine rings is 1. The Bertz CT molecular complexity index is 1410. The number of nitrogens with one attached hydrogen (secondary N) is 2. The Kier molecular flexibility index (Phi) is 7.12. The molecule has 218 valence electrons. The lowest BCUT2D eigenvalue weighted by Crippen LogP contribution is -2.57. The standard InChI is InChI=1S/C32H39F2N5O2/c1-18-17-38(12-10-35-18)31(37-28-14-21-13-26(19(28)2)32(21,3)4)36-23-7-8-24-25(16-23)30(41)39(29(24)40)11-9-20-5-6-22(33)15-27(20)34/h5-8,15-16,18-19,21,26,28,35H,9-14,17H2,1-4H3,(H,36,37)/t18-,19-,21+,26-,28-/m0/s1. The van der Waals surface area contributed by atoms with Crippen LogP contribution in [0.3, 0.4) is 0 Å². The molecule has 1 saturated heterocycles. The number of guanidine groups is 1. The predicted molar refractivity (Wildman–Crippen MR) is 155 cm³/mol. The molecule has 5 aliphatic rings. The van der Waals surface area contributed by atoms with E-state index >= 15 is 0 Å². The van der Waals surface area contributed by atoms with Gasteiger partial charge in [0.25, 0.3) is 11.8 Å². The van der Waals surface area contributed by atoms with Crippen molar-refractivity contribution in [3.8, 4) is 0 Å². The highest BCUT2D eigenvalue weighted by Crippen LogP contribution is 2.61. The van der Waals surface area contributed by atoms with E-state index < -0.39 is 23.4 Å². The van der Waals surface area contributed by atoms with Gasteiger partial charge in [-0.15, -0.1) is 0 Å². The SMILES string of the molecule is C[C@@H]1[C@@H](N=C(Nc2ccc3c(c2)C(=O)N(CCc2ccc(F)cc2F)C3=O)N2CCN[C@@H](C)C2)C[C@H]2C[C@@H]1C2(C)C. The maximum atomic E-state index is 14.1. The average Bonchev–Trinajstić information content (AvgIpc) is 3.17.